The van der Waals surface area contributed by atoms with Gasteiger partial charge >= 0.3 is 0 Å². The minimum atomic E-state index is 0.373. The van der Waals surface area contributed by atoms with E-state index >= 15 is 0 Å². The van der Waals surface area contributed by atoms with Gasteiger partial charge in [-0.2, -0.15) is 0 Å². The molecular formula is C9H10N. The van der Waals surface area contributed by atoms with Gasteiger partial charge in [-0.05, 0) is 25.0 Å². The average Bonchev–Trinajstić information content (AvgIpc) is 2.27. The van der Waals surface area contributed by atoms with Crippen LogP contribution < -0.4 is 5.32 Å². The number of hydrogen-bond acceptors (Lipinski definition) is 1. The Bertz CT molecular complexity index is 217. The summed E-state index contributed by atoms with van der Waals surface area (Å²) >= 11 is 0. The summed E-state index contributed by atoms with van der Waals surface area (Å²) in [5, 5.41) is 3.29. The van der Waals surface area contributed by atoms with Crippen molar-refractivity contribution in [1.82, 2.24) is 0 Å². The minimum absolute atomic E-state index is 0.373. The van der Waals surface area contributed by atoms with Crippen LogP contribution in [0.25, 0.3) is 0 Å². The Morgan fingerprint density at radius 3 is 3.00 bits per heavy atom. The van der Waals surface area contributed by atoms with Crippen LogP contribution in [0.3, 0.4) is 0 Å². The third kappa shape index (κ3) is 0.783. The Labute approximate surface area is 61.1 Å². The molecule has 0 amide bonds. The van der Waals surface area contributed by atoms with E-state index in [0.29, 0.717) is 6.04 Å². The van der Waals surface area contributed by atoms with Crippen molar-refractivity contribution in [2.75, 3.05) is 5.32 Å². The summed E-state index contributed by atoms with van der Waals surface area (Å²) in [5.41, 5.74) is 2.64. The molecule has 1 heterocycles. The molecule has 1 aliphatic heterocycles. The Balaban J connectivity index is 2.42. The van der Waals surface area contributed by atoms with Gasteiger partial charge in [0.25, 0.3) is 0 Å². The second kappa shape index (κ2) is 2.01. The molecule has 0 aliphatic carbocycles. The molecule has 1 heteroatoms. The summed E-state index contributed by atoms with van der Waals surface area (Å²) in [6.45, 7) is 3.94. The van der Waals surface area contributed by atoms with E-state index in [1.807, 2.05) is 6.07 Å². The van der Waals surface area contributed by atoms with Crippen LogP contribution in [0.15, 0.2) is 24.3 Å². The van der Waals surface area contributed by atoms with Crippen LogP contribution in [0.2, 0.25) is 0 Å². The van der Waals surface area contributed by atoms with Gasteiger partial charge < -0.3 is 5.32 Å². The fourth-order valence-electron chi connectivity index (χ4n) is 1.38. The van der Waals surface area contributed by atoms with Crippen LogP contribution in [-0.4, -0.2) is 6.04 Å². The fraction of sp³-hybridized carbons (Fsp3) is 0.222. The van der Waals surface area contributed by atoms with Crippen molar-refractivity contribution in [2.45, 2.75) is 12.5 Å². The monoisotopic (exact) mass is 132 g/mol. The number of fused-ring (bicyclic) bond motifs is 1. The van der Waals surface area contributed by atoms with E-state index in [1.165, 1.54) is 11.3 Å². The van der Waals surface area contributed by atoms with Gasteiger partial charge in [0.2, 0.25) is 0 Å². The molecule has 0 fully saturated rings. The highest BCUT2D eigenvalue weighted by Gasteiger charge is 2.14. The lowest BCUT2D eigenvalue weighted by Gasteiger charge is -2.00. The quantitative estimate of drug-likeness (QED) is 0.568. The third-order valence-corrected chi connectivity index (χ3v) is 1.84. The Kier molecular flexibility index (Phi) is 1.16. The summed E-state index contributed by atoms with van der Waals surface area (Å²) in [4.78, 5) is 0. The lowest BCUT2D eigenvalue weighted by atomic mass is 10.1. The van der Waals surface area contributed by atoms with Gasteiger partial charge in [0.1, 0.15) is 0 Å². The van der Waals surface area contributed by atoms with Crippen molar-refractivity contribution in [2.24, 2.45) is 0 Å². The van der Waals surface area contributed by atoms with Crippen LogP contribution in [0.5, 0.6) is 0 Å². The summed E-state index contributed by atoms with van der Waals surface area (Å²) in [5.74, 6) is 0. The summed E-state index contributed by atoms with van der Waals surface area (Å²) < 4.78 is 0. The second-order valence-electron chi connectivity index (χ2n) is 2.70. The Hall–Kier alpha value is -0.980. The third-order valence-electron chi connectivity index (χ3n) is 1.84. The van der Waals surface area contributed by atoms with Gasteiger partial charge in [0.15, 0.2) is 0 Å². The molecule has 0 bridgehead atoms. The molecule has 1 radical (unpaired) electrons. The zero-order valence-electron chi connectivity index (χ0n) is 5.80. The molecule has 2 rings (SSSR count). The van der Waals surface area contributed by atoms with Crippen LogP contribution in [-0.2, 0) is 6.42 Å². The highest BCUT2D eigenvalue weighted by molar-refractivity contribution is 5.56. The molecule has 1 aromatic rings. The smallest absolute Gasteiger partial charge is 0.0375 e. The lowest BCUT2D eigenvalue weighted by Crippen LogP contribution is -2.08. The van der Waals surface area contributed by atoms with E-state index in [0.717, 1.165) is 6.42 Å². The molecule has 0 spiro atoms. The standard InChI is InChI=1S/C9H10N/c1-7-6-8-4-2-3-5-9(8)10-7/h2-5,7,10H,1,6H2. The van der Waals surface area contributed by atoms with Gasteiger partial charge in [0.05, 0.1) is 0 Å². The normalized spacial score (nSPS) is 21.9. The largest absolute Gasteiger partial charge is 0.382 e. The van der Waals surface area contributed by atoms with E-state index in [1.54, 1.807) is 0 Å². The molecule has 1 aliphatic rings. The van der Waals surface area contributed by atoms with Gasteiger partial charge in [-0.25, -0.2) is 0 Å². The van der Waals surface area contributed by atoms with Crippen molar-refractivity contribution in [3.05, 3.63) is 36.8 Å². The molecule has 51 valence electrons. The van der Waals surface area contributed by atoms with Crippen LogP contribution in [0, 0.1) is 6.92 Å². The van der Waals surface area contributed by atoms with Crippen molar-refractivity contribution in [3.63, 3.8) is 0 Å². The first-order valence-electron chi connectivity index (χ1n) is 3.54. The number of para-hydroxylation sites is 1. The lowest BCUT2D eigenvalue weighted by molar-refractivity contribution is 0.921. The molecule has 1 atom stereocenters. The van der Waals surface area contributed by atoms with Crippen molar-refractivity contribution < 1.29 is 0 Å². The summed E-state index contributed by atoms with van der Waals surface area (Å²) in [6.07, 6.45) is 1.07. The number of hydrogen-bond donors (Lipinski definition) is 1. The predicted octanol–water partition coefficient (Wildman–Crippen LogP) is 1.86. The minimum Gasteiger partial charge on any atom is -0.382 e. The molecule has 0 saturated carbocycles. The first kappa shape index (κ1) is 5.78. The molecule has 1 N–H and O–H groups in total. The molecule has 10 heavy (non-hydrogen) atoms. The van der Waals surface area contributed by atoms with E-state index in [-0.39, 0.29) is 0 Å². The number of rotatable bonds is 0. The highest BCUT2D eigenvalue weighted by Crippen LogP contribution is 2.24. The predicted molar refractivity (Wildman–Crippen MR) is 42.9 cm³/mol. The van der Waals surface area contributed by atoms with Crippen LogP contribution in [0.4, 0.5) is 5.69 Å². The van der Waals surface area contributed by atoms with E-state index < -0.39 is 0 Å². The first-order chi connectivity index (χ1) is 4.86. The van der Waals surface area contributed by atoms with Crippen molar-refractivity contribution in [3.8, 4) is 0 Å². The molecule has 1 nitrogen and oxygen atoms in total. The Morgan fingerprint density at radius 2 is 2.20 bits per heavy atom. The molecule has 0 aromatic heterocycles. The highest BCUT2D eigenvalue weighted by atomic mass is 14.9. The van der Waals surface area contributed by atoms with E-state index in [9.17, 15) is 0 Å². The average molecular weight is 132 g/mol. The number of nitrogens with one attached hydrogen (secondary N) is 1. The molecule has 1 unspecified atom stereocenters. The van der Waals surface area contributed by atoms with Gasteiger partial charge in [-0.15, -0.1) is 0 Å². The maximum Gasteiger partial charge on any atom is 0.0375 e. The van der Waals surface area contributed by atoms with E-state index in [2.05, 4.69) is 30.4 Å². The molecule has 0 saturated heterocycles. The van der Waals surface area contributed by atoms with Gasteiger partial charge in [-0.1, -0.05) is 18.2 Å². The SMILES string of the molecule is [CH2]C1Cc2ccccc2N1. The number of anilines is 1. The second-order valence-corrected chi connectivity index (χ2v) is 2.70. The first-order valence-corrected chi connectivity index (χ1v) is 3.54. The Morgan fingerprint density at radius 1 is 1.40 bits per heavy atom. The van der Waals surface area contributed by atoms with E-state index in [4.69, 9.17) is 0 Å². The summed E-state index contributed by atoms with van der Waals surface area (Å²) in [6, 6.07) is 8.73. The van der Waals surface area contributed by atoms with Gasteiger partial charge in [0, 0.05) is 11.7 Å². The topological polar surface area (TPSA) is 12.0 Å². The summed E-state index contributed by atoms with van der Waals surface area (Å²) in [7, 11) is 0. The van der Waals surface area contributed by atoms with Crippen LogP contribution in [0.1, 0.15) is 5.56 Å². The fourth-order valence-corrected chi connectivity index (χ4v) is 1.38. The van der Waals surface area contributed by atoms with Crippen LogP contribution >= 0.6 is 0 Å². The zero-order chi connectivity index (χ0) is 6.97. The maximum atomic E-state index is 3.94. The maximum absolute atomic E-state index is 3.94. The van der Waals surface area contributed by atoms with Crippen molar-refractivity contribution in [1.29, 1.82) is 0 Å². The number of benzene rings is 1. The molecular weight excluding hydrogens is 122 g/mol. The van der Waals surface area contributed by atoms with Gasteiger partial charge in [-0.3, -0.25) is 0 Å². The molecule has 1 aromatic carbocycles. The van der Waals surface area contributed by atoms with Crippen molar-refractivity contribution >= 4 is 5.69 Å². The zero-order valence-corrected chi connectivity index (χ0v) is 5.80.